The van der Waals surface area contributed by atoms with Gasteiger partial charge in [0.2, 0.25) is 0 Å². The molecule has 0 saturated heterocycles. The molecule has 1 aliphatic rings. The van der Waals surface area contributed by atoms with E-state index in [-0.39, 0.29) is 5.41 Å². The van der Waals surface area contributed by atoms with Gasteiger partial charge in [-0.2, -0.15) is 0 Å². The van der Waals surface area contributed by atoms with E-state index in [2.05, 4.69) is 13.8 Å². The third-order valence-corrected chi connectivity index (χ3v) is 3.01. The molecule has 1 aromatic rings. The summed E-state index contributed by atoms with van der Waals surface area (Å²) in [5.41, 5.74) is 1.50. The van der Waals surface area contributed by atoms with Crippen LogP contribution in [0.15, 0.2) is 18.2 Å². The molecule has 0 atom stereocenters. The third kappa shape index (κ3) is 2.18. The first-order valence-corrected chi connectivity index (χ1v) is 5.47. The van der Waals surface area contributed by atoms with Gasteiger partial charge < -0.3 is 9.84 Å². The lowest BCUT2D eigenvalue weighted by Gasteiger charge is -2.20. The Bertz CT molecular complexity index is 421. The van der Waals surface area contributed by atoms with Gasteiger partial charge in [0.05, 0.1) is 12.2 Å². The normalized spacial score (nSPS) is 18.1. The van der Waals surface area contributed by atoms with Crippen molar-refractivity contribution in [2.24, 2.45) is 5.41 Å². The Morgan fingerprint density at radius 1 is 1.44 bits per heavy atom. The van der Waals surface area contributed by atoms with Gasteiger partial charge in [-0.05, 0) is 42.0 Å². The summed E-state index contributed by atoms with van der Waals surface area (Å²) in [6, 6.07) is 5.09. The lowest BCUT2D eigenvalue weighted by Crippen LogP contribution is -2.15. The fourth-order valence-corrected chi connectivity index (χ4v) is 2.03. The highest BCUT2D eigenvalue weighted by atomic mass is 16.5. The first-order chi connectivity index (χ1) is 7.48. The minimum atomic E-state index is -0.884. The van der Waals surface area contributed by atoms with Gasteiger partial charge in [0.1, 0.15) is 5.75 Å². The van der Waals surface area contributed by atoms with Crippen LogP contribution in [0.25, 0.3) is 0 Å². The van der Waals surface area contributed by atoms with Crippen molar-refractivity contribution < 1.29 is 14.6 Å². The number of fused-ring (bicyclic) bond motifs is 1. The molecule has 2 rings (SSSR count). The quantitative estimate of drug-likeness (QED) is 0.791. The second-order valence-corrected chi connectivity index (χ2v) is 5.07. The van der Waals surface area contributed by atoms with Crippen LogP contribution in [-0.2, 0) is 6.42 Å². The van der Waals surface area contributed by atoms with E-state index in [0.29, 0.717) is 12.2 Å². The van der Waals surface area contributed by atoms with Crippen molar-refractivity contribution in [2.75, 3.05) is 6.61 Å². The number of carbonyl (C=O) groups is 1. The van der Waals surface area contributed by atoms with E-state index in [0.717, 1.165) is 24.2 Å². The summed E-state index contributed by atoms with van der Waals surface area (Å²) >= 11 is 0. The van der Waals surface area contributed by atoms with Gasteiger partial charge in [-0.1, -0.05) is 13.8 Å². The Balaban J connectivity index is 2.40. The minimum Gasteiger partial charge on any atom is -0.493 e. The molecule has 0 bridgehead atoms. The Labute approximate surface area is 95.0 Å². The molecule has 0 saturated carbocycles. The highest BCUT2D eigenvalue weighted by Crippen LogP contribution is 2.34. The second-order valence-electron chi connectivity index (χ2n) is 5.07. The van der Waals surface area contributed by atoms with Crippen LogP contribution in [0.1, 0.15) is 36.2 Å². The molecule has 0 unspecified atom stereocenters. The summed E-state index contributed by atoms with van der Waals surface area (Å²) < 4.78 is 5.63. The zero-order valence-electron chi connectivity index (χ0n) is 9.62. The summed E-state index contributed by atoms with van der Waals surface area (Å²) in [4.78, 5) is 10.9. The largest absolute Gasteiger partial charge is 0.493 e. The van der Waals surface area contributed by atoms with E-state index in [4.69, 9.17) is 9.84 Å². The van der Waals surface area contributed by atoms with Gasteiger partial charge in [-0.25, -0.2) is 4.79 Å². The van der Waals surface area contributed by atoms with Gasteiger partial charge in [-0.3, -0.25) is 0 Å². The topological polar surface area (TPSA) is 46.5 Å². The van der Waals surface area contributed by atoms with Crippen LogP contribution < -0.4 is 4.74 Å². The Hall–Kier alpha value is -1.51. The smallest absolute Gasteiger partial charge is 0.335 e. The lowest BCUT2D eigenvalue weighted by atomic mass is 9.83. The standard InChI is InChI=1S/C13H16O3/c1-13(2)5-6-16-11-4-3-9(12(14)15)7-10(11)8-13/h3-4,7H,5-6,8H2,1-2H3,(H,14,15). The maximum atomic E-state index is 10.9. The summed E-state index contributed by atoms with van der Waals surface area (Å²) in [5, 5.41) is 8.95. The Kier molecular flexibility index (Phi) is 2.62. The van der Waals surface area contributed by atoms with Crippen LogP contribution in [0.3, 0.4) is 0 Å². The van der Waals surface area contributed by atoms with Crippen LogP contribution in [0.4, 0.5) is 0 Å². The summed E-state index contributed by atoms with van der Waals surface area (Å²) in [7, 11) is 0. The van der Waals surface area contributed by atoms with Gasteiger partial charge in [0.15, 0.2) is 0 Å². The molecule has 0 amide bonds. The number of carboxylic acids is 1. The van der Waals surface area contributed by atoms with E-state index in [9.17, 15) is 4.79 Å². The van der Waals surface area contributed by atoms with Gasteiger partial charge in [0.25, 0.3) is 0 Å². The first kappa shape index (κ1) is 11.0. The molecule has 3 nitrogen and oxygen atoms in total. The molecule has 16 heavy (non-hydrogen) atoms. The molecule has 1 aliphatic heterocycles. The minimum absolute atomic E-state index is 0.169. The highest BCUT2D eigenvalue weighted by Gasteiger charge is 2.24. The number of rotatable bonds is 1. The number of ether oxygens (including phenoxy) is 1. The van der Waals surface area contributed by atoms with Crippen LogP contribution in [-0.4, -0.2) is 17.7 Å². The average molecular weight is 220 g/mol. The molecule has 86 valence electrons. The summed E-state index contributed by atoms with van der Waals surface area (Å²) in [6.45, 7) is 5.06. The maximum Gasteiger partial charge on any atom is 0.335 e. The number of aromatic carboxylic acids is 1. The van der Waals surface area contributed by atoms with E-state index in [1.54, 1.807) is 18.2 Å². The van der Waals surface area contributed by atoms with Gasteiger partial charge >= 0.3 is 5.97 Å². The lowest BCUT2D eigenvalue weighted by molar-refractivity contribution is 0.0696. The van der Waals surface area contributed by atoms with Crippen LogP contribution in [0, 0.1) is 5.41 Å². The molecule has 1 N–H and O–H groups in total. The molecule has 3 heteroatoms. The van der Waals surface area contributed by atoms with Gasteiger partial charge in [0, 0.05) is 0 Å². The van der Waals surface area contributed by atoms with E-state index in [1.807, 2.05) is 0 Å². The summed E-state index contributed by atoms with van der Waals surface area (Å²) in [5.74, 6) is -0.0552. The Morgan fingerprint density at radius 3 is 2.88 bits per heavy atom. The maximum absolute atomic E-state index is 10.9. The molecule has 0 aromatic heterocycles. The van der Waals surface area contributed by atoms with Crippen molar-refractivity contribution in [1.29, 1.82) is 0 Å². The number of hydrogen-bond donors (Lipinski definition) is 1. The van der Waals surface area contributed by atoms with E-state index >= 15 is 0 Å². The highest BCUT2D eigenvalue weighted by molar-refractivity contribution is 5.88. The number of hydrogen-bond acceptors (Lipinski definition) is 2. The third-order valence-electron chi connectivity index (χ3n) is 3.01. The first-order valence-electron chi connectivity index (χ1n) is 5.47. The predicted octanol–water partition coefficient (Wildman–Crippen LogP) is 2.74. The van der Waals surface area contributed by atoms with Crippen LogP contribution in [0.2, 0.25) is 0 Å². The average Bonchev–Trinajstić information content (AvgIpc) is 2.33. The number of benzene rings is 1. The SMILES string of the molecule is CC1(C)CCOc2ccc(C(=O)O)cc2C1. The molecule has 0 spiro atoms. The van der Waals surface area contributed by atoms with Crippen molar-refractivity contribution in [3.8, 4) is 5.75 Å². The molecule has 0 fully saturated rings. The van der Waals surface area contributed by atoms with Crippen LogP contribution >= 0.6 is 0 Å². The fraction of sp³-hybridized carbons (Fsp3) is 0.462. The van der Waals surface area contributed by atoms with E-state index < -0.39 is 5.97 Å². The monoisotopic (exact) mass is 220 g/mol. The van der Waals surface area contributed by atoms with Crippen molar-refractivity contribution in [3.05, 3.63) is 29.3 Å². The van der Waals surface area contributed by atoms with Gasteiger partial charge in [-0.15, -0.1) is 0 Å². The molecule has 0 radical (unpaired) electrons. The Morgan fingerprint density at radius 2 is 2.19 bits per heavy atom. The van der Waals surface area contributed by atoms with Crippen molar-refractivity contribution >= 4 is 5.97 Å². The van der Waals surface area contributed by atoms with Crippen molar-refractivity contribution in [3.63, 3.8) is 0 Å². The molecular weight excluding hydrogens is 204 g/mol. The fourth-order valence-electron chi connectivity index (χ4n) is 2.03. The van der Waals surface area contributed by atoms with Crippen LogP contribution in [0.5, 0.6) is 5.75 Å². The van der Waals surface area contributed by atoms with Crippen molar-refractivity contribution in [2.45, 2.75) is 26.7 Å². The molecule has 1 aromatic carbocycles. The van der Waals surface area contributed by atoms with E-state index in [1.165, 1.54) is 0 Å². The zero-order valence-corrected chi connectivity index (χ0v) is 9.62. The zero-order chi connectivity index (χ0) is 11.8. The molecular formula is C13H16O3. The second kappa shape index (κ2) is 3.81. The predicted molar refractivity (Wildman–Crippen MR) is 61.0 cm³/mol. The van der Waals surface area contributed by atoms with Crippen molar-refractivity contribution in [1.82, 2.24) is 0 Å². The molecule has 1 heterocycles. The number of carboxylic acid groups (broad SMARTS) is 1. The molecule has 0 aliphatic carbocycles. The summed E-state index contributed by atoms with van der Waals surface area (Å²) in [6.07, 6.45) is 1.85.